The Bertz CT molecular complexity index is 798. The average Bonchev–Trinajstić information content (AvgIpc) is 2.93. The smallest absolute Gasteiger partial charge is 0.329 e. The van der Waals surface area contributed by atoms with E-state index in [2.05, 4.69) is 5.32 Å². The van der Waals surface area contributed by atoms with Crippen LogP contribution in [0, 0.1) is 5.92 Å². The number of hydrogen-bond acceptors (Lipinski definition) is 6. The van der Waals surface area contributed by atoms with Crippen LogP contribution in [0.4, 0.5) is 0 Å². The monoisotopic (exact) mass is 403 g/mol. The van der Waals surface area contributed by atoms with Gasteiger partial charge in [-0.05, 0) is 24.5 Å². The highest BCUT2D eigenvalue weighted by Crippen LogP contribution is 2.27. The molecule has 0 aliphatic carbocycles. The van der Waals surface area contributed by atoms with E-state index in [1.807, 2.05) is 13.8 Å². The van der Waals surface area contributed by atoms with Gasteiger partial charge in [-0.3, -0.25) is 24.1 Å². The molecule has 0 unspecified atom stereocenters. The first-order valence-electron chi connectivity index (χ1n) is 9.23. The Balaban J connectivity index is 2.06. The second kappa shape index (κ2) is 9.31. The maximum atomic E-state index is 12.7. The summed E-state index contributed by atoms with van der Waals surface area (Å²) in [5, 5.41) is 2.35. The zero-order valence-electron chi connectivity index (χ0n) is 16.9. The average molecular weight is 403 g/mol. The van der Waals surface area contributed by atoms with Gasteiger partial charge in [0.1, 0.15) is 6.04 Å². The van der Waals surface area contributed by atoms with Crippen LogP contribution >= 0.6 is 0 Å². The minimum atomic E-state index is -1.14. The number of likely N-dealkylation sites (N-methyl/N-ethyl adjacent to an activating group) is 1. The summed E-state index contributed by atoms with van der Waals surface area (Å²) in [7, 11) is 3.10. The SMILES string of the molecule is CC(C)C[C@H](C(=O)OCC(=O)NCC(=O)N(C)C)N1C(=O)c2ccccc2C1=O. The Morgan fingerprint density at radius 3 is 2.10 bits per heavy atom. The maximum absolute atomic E-state index is 12.7. The molecule has 9 heteroatoms. The molecule has 0 saturated carbocycles. The largest absolute Gasteiger partial charge is 0.454 e. The van der Waals surface area contributed by atoms with Crippen molar-refractivity contribution >= 4 is 29.6 Å². The molecule has 4 amide bonds. The van der Waals surface area contributed by atoms with Gasteiger partial charge in [0.25, 0.3) is 17.7 Å². The summed E-state index contributed by atoms with van der Waals surface area (Å²) in [5.74, 6) is -2.94. The fourth-order valence-electron chi connectivity index (χ4n) is 2.86. The van der Waals surface area contributed by atoms with Gasteiger partial charge >= 0.3 is 5.97 Å². The summed E-state index contributed by atoms with van der Waals surface area (Å²) in [5.41, 5.74) is 0.470. The molecule has 1 aromatic carbocycles. The van der Waals surface area contributed by atoms with Crippen LogP contribution in [0.15, 0.2) is 24.3 Å². The van der Waals surface area contributed by atoms with E-state index in [0.29, 0.717) is 0 Å². The number of nitrogens with one attached hydrogen (secondary N) is 1. The Morgan fingerprint density at radius 2 is 1.62 bits per heavy atom. The normalized spacial score (nSPS) is 13.9. The van der Waals surface area contributed by atoms with Gasteiger partial charge in [0, 0.05) is 14.1 Å². The molecule has 1 heterocycles. The summed E-state index contributed by atoms with van der Waals surface area (Å²) < 4.78 is 5.05. The standard InChI is InChI=1S/C20H25N3O6/c1-12(2)9-15(20(28)29-11-16(24)21-10-17(25)22(3)4)23-18(26)13-7-5-6-8-14(13)19(23)27/h5-8,12,15H,9-11H2,1-4H3,(H,21,24)/t15-/m1/s1. The minimum Gasteiger partial charge on any atom is -0.454 e. The lowest BCUT2D eigenvalue weighted by Gasteiger charge is -2.25. The molecule has 0 spiro atoms. The van der Waals surface area contributed by atoms with Crippen LogP contribution in [0.3, 0.4) is 0 Å². The Kier molecular flexibility index (Phi) is 7.08. The van der Waals surface area contributed by atoms with Gasteiger partial charge in [-0.2, -0.15) is 0 Å². The third-order valence-corrected chi connectivity index (χ3v) is 4.39. The number of fused-ring (bicyclic) bond motifs is 1. The lowest BCUT2D eigenvalue weighted by atomic mass is 10.0. The highest BCUT2D eigenvalue weighted by atomic mass is 16.5. The second-order valence-electron chi connectivity index (χ2n) is 7.34. The number of imide groups is 1. The fourth-order valence-corrected chi connectivity index (χ4v) is 2.86. The number of carbonyl (C=O) groups is 5. The lowest BCUT2D eigenvalue weighted by Crippen LogP contribution is -2.47. The highest BCUT2D eigenvalue weighted by molar-refractivity contribution is 6.22. The van der Waals surface area contributed by atoms with Crippen molar-refractivity contribution in [2.45, 2.75) is 26.3 Å². The van der Waals surface area contributed by atoms with E-state index in [0.717, 1.165) is 4.90 Å². The van der Waals surface area contributed by atoms with Crippen molar-refractivity contribution in [3.05, 3.63) is 35.4 Å². The van der Waals surface area contributed by atoms with Crippen LogP contribution in [-0.2, 0) is 19.1 Å². The Labute approximate surface area is 169 Å². The number of esters is 1. The van der Waals surface area contributed by atoms with Crippen molar-refractivity contribution < 1.29 is 28.7 Å². The van der Waals surface area contributed by atoms with Crippen molar-refractivity contribution in [1.29, 1.82) is 0 Å². The van der Waals surface area contributed by atoms with Gasteiger partial charge in [-0.25, -0.2) is 4.79 Å². The number of nitrogens with zero attached hydrogens (tertiary/aromatic N) is 2. The molecule has 1 aliphatic rings. The summed E-state index contributed by atoms with van der Waals surface area (Å²) in [6.07, 6.45) is 0.199. The van der Waals surface area contributed by atoms with E-state index in [9.17, 15) is 24.0 Å². The van der Waals surface area contributed by atoms with E-state index >= 15 is 0 Å². The Hall–Kier alpha value is -3.23. The van der Waals surface area contributed by atoms with Crippen molar-refractivity contribution in [3.63, 3.8) is 0 Å². The summed E-state index contributed by atoms with van der Waals surface area (Å²) in [6.45, 7) is 2.85. The van der Waals surface area contributed by atoms with E-state index < -0.39 is 36.3 Å². The third-order valence-electron chi connectivity index (χ3n) is 4.39. The topological polar surface area (TPSA) is 113 Å². The van der Waals surface area contributed by atoms with E-state index in [4.69, 9.17) is 4.74 Å². The molecule has 1 aliphatic heterocycles. The molecule has 9 nitrogen and oxygen atoms in total. The van der Waals surface area contributed by atoms with Gasteiger partial charge in [0.05, 0.1) is 17.7 Å². The lowest BCUT2D eigenvalue weighted by molar-refractivity contribution is -0.153. The summed E-state index contributed by atoms with van der Waals surface area (Å²) in [6, 6.07) is 5.20. The first-order chi connectivity index (χ1) is 13.6. The van der Waals surface area contributed by atoms with Crippen molar-refractivity contribution in [2.75, 3.05) is 27.2 Å². The predicted molar refractivity (Wildman–Crippen MR) is 103 cm³/mol. The number of benzene rings is 1. The van der Waals surface area contributed by atoms with Crippen LogP contribution < -0.4 is 5.32 Å². The number of rotatable bonds is 8. The van der Waals surface area contributed by atoms with E-state index in [-0.39, 0.29) is 35.9 Å². The molecule has 0 saturated heterocycles. The number of ether oxygens (including phenoxy) is 1. The van der Waals surface area contributed by atoms with Gasteiger partial charge in [-0.15, -0.1) is 0 Å². The van der Waals surface area contributed by atoms with Crippen molar-refractivity contribution in [3.8, 4) is 0 Å². The molecule has 0 radical (unpaired) electrons. The van der Waals surface area contributed by atoms with Crippen LogP contribution in [0.5, 0.6) is 0 Å². The van der Waals surface area contributed by atoms with Crippen molar-refractivity contribution in [1.82, 2.24) is 15.1 Å². The number of carbonyl (C=O) groups excluding carboxylic acids is 5. The minimum absolute atomic E-state index is 0.0107. The van der Waals surface area contributed by atoms with Crippen LogP contribution in [0.2, 0.25) is 0 Å². The summed E-state index contributed by atoms with van der Waals surface area (Å²) in [4.78, 5) is 63.6. The number of amides is 4. The third kappa shape index (κ3) is 5.18. The first kappa shape index (κ1) is 22.1. The molecule has 156 valence electrons. The van der Waals surface area contributed by atoms with Gasteiger partial charge in [0.2, 0.25) is 5.91 Å². The first-order valence-corrected chi connectivity index (χ1v) is 9.23. The molecule has 0 bridgehead atoms. The predicted octanol–water partition coefficient (Wildman–Crippen LogP) is 0.445. The zero-order chi connectivity index (χ0) is 21.7. The molecule has 1 aromatic rings. The van der Waals surface area contributed by atoms with Gasteiger partial charge in [-0.1, -0.05) is 26.0 Å². The number of hydrogen-bond donors (Lipinski definition) is 1. The van der Waals surface area contributed by atoms with Crippen LogP contribution in [-0.4, -0.2) is 72.7 Å². The van der Waals surface area contributed by atoms with Gasteiger partial charge < -0.3 is 15.0 Å². The molecule has 29 heavy (non-hydrogen) atoms. The second-order valence-corrected chi connectivity index (χ2v) is 7.34. The zero-order valence-corrected chi connectivity index (χ0v) is 16.9. The van der Waals surface area contributed by atoms with Crippen LogP contribution in [0.25, 0.3) is 0 Å². The quantitative estimate of drug-likeness (QED) is 0.498. The molecule has 1 N–H and O–H groups in total. The Morgan fingerprint density at radius 1 is 1.07 bits per heavy atom. The maximum Gasteiger partial charge on any atom is 0.329 e. The molecule has 1 atom stereocenters. The van der Waals surface area contributed by atoms with E-state index in [1.54, 1.807) is 26.2 Å². The van der Waals surface area contributed by atoms with Crippen LogP contribution in [0.1, 0.15) is 41.0 Å². The molecular weight excluding hydrogens is 378 g/mol. The molecular formula is C20H25N3O6. The molecule has 0 fully saturated rings. The van der Waals surface area contributed by atoms with Gasteiger partial charge in [0.15, 0.2) is 6.61 Å². The van der Waals surface area contributed by atoms with Crippen molar-refractivity contribution in [2.24, 2.45) is 5.92 Å². The summed E-state index contributed by atoms with van der Waals surface area (Å²) >= 11 is 0. The molecule has 2 rings (SSSR count). The van der Waals surface area contributed by atoms with E-state index in [1.165, 1.54) is 17.0 Å². The fraction of sp³-hybridized carbons (Fsp3) is 0.450. The molecule has 0 aromatic heterocycles. The highest BCUT2D eigenvalue weighted by Gasteiger charge is 2.43.